The SMILES string of the molecule is CCNC(=NCC(=O)N1CCCCC1)NCC(O)c1cc2ccccc2s1. The summed E-state index contributed by atoms with van der Waals surface area (Å²) in [4.78, 5) is 19.5. The van der Waals surface area contributed by atoms with Crippen LogP contribution in [-0.4, -0.2) is 54.6 Å². The maximum atomic E-state index is 12.3. The van der Waals surface area contributed by atoms with Crippen LogP contribution in [0.1, 0.15) is 37.2 Å². The minimum atomic E-state index is -0.621. The molecular formula is C20H28N4O2S. The monoisotopic (exact) mass is 388 g/mol. The topological polar surface area (TPSA) is 77.0 Å². The summed E-state index contributed by atoms with van der Waals surface area (Å²) in [5.74, 6) is 0.625. The molecule has 27 heavy (non-hydrogen) atoms. The number of nitrogens with zero attached hydrogens (tertiary/aromatic N) is 2. The van der Waals surface area contributed by atoms with E-state index in [4.69, 9.17) is 0 Å². The standard InChI is InChI=1S/C20H28N4O2S/c1-2-21-20(23-14-19(26)24-10-6-3-7-11-24)22-13-16(25)18-12-15-8-4-5-9-17(15)27-18/h4-5,8-9,12,16,25H,2-3,6-7,10-11,13-14H2,1H3,(H2,21,22,23). The number of piperidine rings is 1. The van der Waals surface area contributed by atoms with Gasteiger partial charge in [-0.2, -0.15) is 0 Å². The lowest BCUT2D eigenvalue weighted by molar-refractivity contribution is -0.130. The van der Waals surface area contributed by atoms with Crippen LogP contribution in [0, 0.1) is 0 Å². The zero-order valence-electron chi connectivity index (χ0n) is 15.8. The number of fused-ring (bicyclic) bond motifs is 1. The number of benzene rings is 1. The van der Waals surface area contributed by atoms with Crippen molar-refractivity contribution in [3.05, 3.63) is 35.2 Å². The number of carbonyl (C=O) groups is 1. The Morgan fingerprint density at radius 2 is 2.04 bits per heavy atom. The molecule has 1 fully saturated rings. The molecule has 0 radical (unpaired) electrons. The minimum Gasteiger partial charge on any atom is -0.386 e. The number of hydrogen-bond acceptors (Lipinski definition) is 4. The van der Waals surface area contributed by atoms with Crippen LogP contribution in [0.5, 0.6) is 0 Å². The molecule has 2 heterocycles. The largest absolute Gasteiger partial charge is 0.386 e. The van der Waals surface area contributed by atoms with Crippen LogP contribution in [0.15, 0.2) is 35.3 Å². The maximum absolute atomic E-state index is 12.3. The van der Waals surface area contributed by atoms with E-state index in [0.717, 1.165) is 36.2 Å². The first-order valence-corrected chi connectivity index (χ1v) is 10.5. The molecule has 7 heteroatoms. The average molecular weight is 389 g/mol. The quantitative estimate of drug-likeness (QED) is 0.525. The van der Waals surface area contributed by atoms with Gasteiger partial charge >= 0.3 is 0 Å². The van der Waals surface area contributed by atoms with Gasteiger partial charge in [-0.05, 0) is 43.7 Å². The van der Waals surface area contributed by atoms with Crippen LogP contribution in [-0.2, 0) is 4.79 Å². The fraction of sp³-hybridized carbons (Fsp3) is 0.500. The van der Waals surface area contributed by atoms with Gasteiger partial charge in [0.25, 0.3) is 0 Å². The number of aliphatic hydroxyl groups excluding tert-OH is 1. The molecule has 1 aromatic heterocycles. The summed E-state index contributed by atoms with van der Waals surface area (Å²) >= 11 is 1.60. The Hall–Kier alpha value is -2.12. The second kappa shape index (κ2) is 9.71. The molecule has 1 unspecified atom stereocenters. The minimum absolute atomic E-state index is 0.0666. The first-order chi connectivity index (χ1) is 13.2. The highest BCUT2D eigenvalue weighted by Gasteiger charge is 2.16. The highest BCUT2D eigenvalue weighted by atomic mass is 32.1. The normalized spacial score (nSPS) is 16.4. The van der Waals surface area contributed by atoms with Crippen LogP contribution in [0.3, 0.4) is 0 Å². The molecule has 0 saturated carbocycles. The summed E-state index contributed by atoms with van der Waals surface area (Å²) in [6.07, 6.45) is 2.74. The fourth-order valence-electron chi connectivity index (χ4n) is 3.19. The van der Waals surface area contributed by atoms with Crippen molar-refractivity contribution < 1.29 is 9.90 Å². The van der Waals surface area contributed by atoms with Crippen LogP contribution >= 0.6 is 11.3 Å². The van der Waals surface area contributed by atoms with E-state index in [1.54, 1.807) is 11.3 Å². The summed E-state index contributed by atoms with van der Waals surface area (Å²) < 4.78 is 1.17. The number of aliphatic imine (C=N–C) groups is 1. The maximum Gasteiger partial charge on any atom is 0.244 e. The Labute approximate surface area is 164 Å². The summed E-state index contributed by atoms with van der Waals surface area (Å²) in [5, 5.41) is 17.9. The van der Waals surface area contributed by atoms with Crippen molar-refractivity contribution >= 4 is 33.3 Å². The van der Waals surface area contributed by atoms with Crippen LogP contribution in [0.2, 0.25) is 0 Å². The summed E-state index contributed by atoms with van der Waals surface area (Å²) in [6, 6.07) is 10.1. The molecule has 1 amide bonds. The van der Waals surface area contributed by atoms with E-state index < -0.39 is 6.10 Å². The molecule has 0 aliphatic carbocycles. The molecule has 2 aromatic rings. The Balaban J connectivity index is 1.55. The number of carbonyl (C=O) groups excluding carboxylic acids is 1. The first-order valence-electron chi connectivity index (χ1n) is 9.64. The highest BCUT2D eigenvalue weighted by Crippen LogP contribution is 2.29. The number of rotatable bonds is 6. The van der Waals surface area contributed by atoms with Crippen molar-refractivity contribution in [1.29, 1.82) is 0 Å². The van der Waals surface area contributed by atoms with E-state index in [1.807, 2.05) is 36.1 Å². The number of guanidine groups is 1. The Morgan fingerprint density at radius 1 is 1.26 bits per heavy atom. The van der Waals surface area contributed by atoms with E-state index in [2.05, 4.69) is 21.7 Å². The first kappa shape index (κ1) is 19.6. The molecule has 1 atom stereocenters. The number of hydrogen-bond donors (Lipinski definition) is 3. The average Bonchev–Trinajstić information content (AvgIpc) is 3.14. The molecule has 0 bridgehead atoms. The number of nitrogens with one attached hydrogen (secondary N) is 2. The lowest BCUT2D eigenvalue weighted by Gasteiger charge is -2.26. The molecule has 3 rings (SSSR count). The van der Waals surface area contributed by atoms with Gasteiger partial charge in [0.15, 0.2) is 5.96 Å². The lowest BCUT2D eigenvalue weighted by atomic mass is 10.1. The van der Waals surface area contributed by atoms with Gasteiger partial charge in [0, 0.05) is 35.8 Å². The fourth-order valence-corrected chi connectivity index (χ4v) is 4.24. The Bertz CT molecular complexity index is 750. The predicted molar refractivity (Wildman–Crippen MR) is 111 cm³/mol. The van der Waals surface area contributed by atoms with Crippen molar-refractivity contribution in [3.63, 3.8) is 0 Å². The molecule has 1 aliphatic rings. The zero-order valence-corrected chi connectivity index (χ0v) is 16.6. The molecule has 1 aromatic carbocycles. The molecular weight excluding hydrogens is 360 g/mol. The van der Waals surface area contributed by atoms with Gasteiger partial charge in [0.2, 0.25) is 5.91 Å². The van der Waals surface area contributed by atoms with Crippen molar-refractivity contribution in [2.24, 2.45) is 4.99 Å². The van der Waals surface area contributed by atoms with Crippen LogP contribution in [0.25, 0.3) is 10.1 Å². The van der Waals surface area contributed by atoms with Gasteiger partial charge in [0.1, 0.15) is 12.6 Å². The van der Waals surface area contributed by atoms with E-state index in [-0.39, 0.29) is 12.5 Å². The zero-order chi connectivity index (χ0) is 19.1. The number of aliphatic hydroxyl groups is 1. The summed E-state index contributed by atoms with van der Waals surface area (Å²) in [5.41, 5.74) is 0. The third-order valence-electron chi connectivity index (χ3n) is 4.66. The van der Waals surface area contributed by atoms with Crippen molar-refractivity contribution in [2.45, 2.75) is 32.3 Å². The smallest absolute Gasteiger partial charge is 0.244 e. The Kier molecular flexibility index (Phi) is 7.06. The molecule has 146 valence electrons. The molecule has 1 saturated heterocycles. The lowest BCUT2D eigenvalue weighted by Crippen LogP contribution is -2.41. The van der Waals surface area contributed by atoms with E-state index in [9.17, 15) is 9.90 Å². The van der Waals surface area contributed by atoms with Gasteiger partial charge in [0.05, 0.1) is 0 Å². The summed E-state index contributed by atoms with van der Waals surface area (Å²) in [6.45, 7) is 4.83. The van der Waals surface area contributed by atoms with E-state index in [1.165, 1.54) is 11.1 Å². The molecule has 6 nitrogen and oxygen atoms in total. The molecule has 0 spiro atoms. The van der Waals surface area contributed by atoms with Gasteiger partial charge in [-0.15, -0.1) is 11.3 Å². The van der Waals surface area contributed by atoms with Gasteiger partial charge in [-0.1, -0.05) is 18.2 Å². The van der Waals surface area contributed by atoms with Gasteiger partial charge < -0.3 is 20.6 Å². The second-order valence-electron chi connectivity index (χ2n) is 6.72. The van der Waals surface area contributed by atoms with Gasteiger partial charge in [-0.3, -0.25) is 4.79 Å². The van der Waals surface area contributed by atoms with Crippen molar-refractivity contribution in [2.75, 3.05) is 32.7 Å². The highest BCUT2D eigenvalue weighted by molar-refractivity contribution is 7.19. The number of amides is 1. The predicted octanol–water partition coefficient (Wildman–Crippen LogP) is 2.50. The third kappa shape index (κ3) is 5.43. The van der Waals surface area contributed by atoms with Crippen molar-refractivity contribution in [1.82, 2.24) is 15.5 Å². The molecule has 1 aliphatic heterocycles. The Morgan fingerprint density at radius 3 is 2.78 bits per heavy atom. The number of thiophene rings is 1. The second-order valence-corrected chi connectivity index (χ2v) is 7.84. The van der Waals surface area contributed by atoms with Gasteiger partial charge in [-0.25, -0.2) is 4.99 Å². The van der Waals surface area contributed by atoms with E-state index in [0.29, 0.717) is 19.0 Å². The van der Waals surface area contributed by atoms with Crippen LogP contribution < -0.4 is 10.6 Å². The summed E-state index contributed by atoms with van der Waals surface area (Å²) in [7, 11) is 0. The number of likely N-dealkylation sites (tertiary alicyclic amines) is 1. The van der Waals surface area contributed by atoms with Crippen molar-refractivity contribution in [3.8, 4) is 0 Å². The van der Waals surface area contributed by atoms with E-state index >= 15 is 0 Å². The van der Waals surface area contributed by atoms with Crippen LogP contribution in [0.4, 0.5) is 0 Å². The molecule has 3 N–H and O–H groups in total. The third-order valence-corrected chi connectivity index (χ3v) is 5.88.